The Bertz CT molecular complexity index is 480. The van der Waals surface area contributed by atoms with E-state index in [1.165, 1.54) is 0 Å². The van der Waals surface area contributed by atoms with Gasteiger partial charge in [0.15, 0.2) is 0 Å². The maximum absolute atomic E-state index is 11.4. The molecular weight excluding hydrogens is 256 g/mol. The standard InChI is InChI=1S/C11H15ClN4O2/c1-6-9(12)14-7(2)15-11(6)16-3-4-18-5-8(16)10(13)17/h8H,3-5H2,1-2H3,(H2,13,17). The maximum atomic E-state index is 11.4. The predicted octanol–water partition coefficient (Wildman–Crippen LogP) is 0.437. The van der Waals surface area contributed by atoms with Crippen molar-refractivity contribution in [1.29, 1.82) is 0 Å². The molecule has 18 heavy (non-hydrogen) atoms. The number of halogens is 1. The second-order valence-corrected chi connectivity index (χ2v) is 4.55. The quantitative estimate of drug-likeness (QED) is 0.789. The van der Waals surface area contributed by atoms with Gasteiger partial charge in [0, 0.05) is 12.1 Å². The highest BCUT2D eigenvalue weighted by molar-refractivity contribution is 6.30. The third kappa shape index (κ3) is 2.39. The van der Waals surface area contributed by atoms with Gasteiger partial charge in [-0.05, 0) is 13.8 Å². The van der Waals surface area contributed by atoms with Crippen LogP contribution in [-0.2, 0) is 9.53 Å². The lowest BCUT2D eigenvalue weighted by Crippen LogP contribution is -2.53. The fourth-order valence-electron chi connectivity index (χ4n) is 1.95. The van der Waals surface area contributed by atoms with Crippen molar-refractivity contribution in [2.24, 2.45) is 5.73 Å². The average molecular weight is 271 g/mol. The second kappa shape index (κ2) is 5.07. The highest BCUT2D eigenvalue weighted by atomic mass is 35.5. The first-order chi connectivity index (χ1) is 8.50. The average Bonchev–Trinajstić information content (AvgIpc) is 2.33. The smallest absolute Gasteiger partial charge is 0.242 e. The Hall–Kier alpha value is -1.40. The van der Waals surface area contributed by atoms with Crippen molar-refractivity contribution in [1.82, 2.24) is 9.97 Å². The van der Waals surface area contributed by atoms with E-state index in [1.807, 2.05) is 11.8 Å². The SMILES string of the molecule is Cc1nc(Cl)c(C)c(N2CCOCC2C(N)=O)n1. The molecule has 7 heteroatoms. The van der Waals surface area contributed by atoms with Crippen LogP contribution in [0.4, 0.5) is 5.82 Å². The number of aromatic nitrogens is 2. The van der Waals surface area contributed by atoms with E-state index in [0.29, 0.717) is 29.9 Å². The molecule has 98 valence electrons. The number of aryl methyl sites for hydroxylation is 1. The van der Waals surface area contributed by atoms with Crippen LogP contribution in [0.25, 0.3) is 0 Å². The lowest BCUT2D eigenvalue weighted by Gasteiger charge is -2.35. The predicted molar refractivity (Wildman–Crippen MR) is 67.7 cm³/mol. The summed E-state index contributed by atoms with van der Waals surface area (Å²) in [5, 5.41) is 0.396. The van der Waals surface area contributed by atoms with Crippen LogP contribution in [0, 0.1) is 13.8 Å². The minimum Gasteiger partial charge on any atom is -0.377 e. The van der Waals surface area contributed by atoms with E-state index in [2.05, 4.69) is 9.97 Å². The Morgan fingerprint density at radius 1 is 1.50 bits per heavy atom. The van der Waals surface area contributed by atoms with Crippen molar-refractivity contribution in [3.8, 4) is 0 Å². The van der Waals surface area contributed by atoms with Gasteiger partial charge in [0.2, 0.25) is 5.91 Å². The molecule has 0 spiro atoms. The molecule has 1 fully saturated rings. The largest absolute Gasteiger partial charge is 0.377 e. The van der Waals surface area contributed by atoms with Gasteiger partial charge in [0.05, 0.1) is 13.2 Å². The number of carbonyl (C=O) groups is 1. The zero-order valence-corrected chi connectivity index (χ0v) is 11.1. The summed E-state index contributed by atoms with van der Waals surface area (Å²) in [4.78, 5) is 21.7. The number of nitrogens with zero attached hydrogens (tertiary/aromatic N) is 3. The van der Waals surface area contributed by atoms with Crippen LogP contribution >= 0.6 is 11.6 Å². The summed E-state index contributed by atoms with van der Waals surface area (Å²) in [6, 6.07) is -0.511. The number of anilines is 1. The van der Waals surface area contributed by atoms with Gasteiger partial charge < -0.3 is 15.4 Å². The van der Waals surface area contributed by atoms with Crippen molar-refractivity contribution in [3.63, 3.8) is 0 Å². The summed E-state index contributed by atoms with van der Waals surface area (Å²) < 4.78 is 5.28. The topological polar surface area (TPSA) is 81.3 Å². The fourth-order valence-corrected chi connectivity index (χ4v) is 2.16. The molecule has 1 saturated heterocycles. The Labute approximate surface area is 110 Å². The van der Waals surface area contributed by atoms with Crippen molar-refractivity contribution in [3.05, 3.63) is 16.5 Å². The highest BCUT2D eigenvalue weighted by Crippen LogP contribution is 2.26. The van der Waals surface area contributed by atoms with Crippen molar-refractivity contribution in [2.75, 3.05) is 24.7 Å². The van der Waals surface area contributed by atoms with E-state index < -0.39 is 11.9 Å². The summed E-state index contributed by atoms with van der Waals surface area (Å²) >= 11 is 6.04. The van der Waals surface area contributed by atoms with Gasteiger partial charge in [-0.1, -0.05) is 11.6 Å². The number of rotatable bonds is 2. The molecule has 1 aromatic heterocycles. The van der Waals surface area contributed by atoms with Gasteiger partial charge in [0.25, 0.3) is 0 Å². The van der Waals surface area contributed by atoms with E-state index in [9.17, 15) is 4.79 Å². The number of hydrogen-bond donors (Lipinski definition) is 1. The first kappa shape index (κ1) is 13.0. The molecule has 0 bridgehead atoms. The number of nitrogens with two attached hydrogens (primary N) is 1. The molecule has 1 atom stereocenters. The summed E-state index contributed by atoms with van der Waals surface area (Å²) in [5.74, 6) is 0.788. The minimum atomic E-state index is -0.511. The van der Waals surface area contributed by atoms with Crippen LogP contribution in [0.15, 0.2) is 0 Å². The number of amides is 1. The molecule has 1 unspecified atom stereocenters. The molecule has 0 saturated carbocycles. The molecule has 2 rings (SSSR count). The summed E-state index contributed by atoms with van der Waals surface area (Å²) in [7, 11) is 0. The first-order valence-electron chi connectivity index (χ1n) is 5.65. The number of morpholine rings is 1. The van der Waals surface area contributed by atoms with E-state index in [1.54, 1.807) is 6.92 Å². The van der Waals surface area contributed by atoms with Crippen LogP contribution in [0.2, 0.25) is 5.15 Å². The molecule has 6 nitrogen and oxygen atoms in total. The molecule has 1 aliphatic rings. The van der Waals surface area contributed by atoms with Crippen LogP contribution in [-0.4, -0.2) is 41.7 Å². The molecule has 2 N–H and O–H groups in total. The lowest BCUT2D eigenvalue weighted by molar-refractivity contribution is -0.121. The first-order valence-corrected chi connectivity index (χ1v) is 6.03. The highest BCUT2D eigenvalue weighted by Gasteiger charge is 2.30. The fraction of sp³-hybridized carbons (Fsp3) is 0.545. The lowest BCUT2D eigenvalue weighted by atomic mass is 10.2. The summed E-state index contributed by atoms with van der Waals surface area (Å²) in [6.07, 6.45) is 0. The number of ether oxygens (including phenoxy) is 1. The Kier molecular flexibility index (Phi) is 3.68. The zero-order chi connectivity index (χ0) is 13.3. The van der Waals surface area contributed by atoms with E-state index in [0.717, 1.165) is 5.56 Å². The summed E-state index contributed by atoms with van der Waals surface area (Å²) in [5.41, 5.74) is 6.13. The zero-order valence-electron chi connectivity index (χ0n) is 10.3. The van der Waals surface area contributed by atoms with Gasteiger partial charge in [-0.15, -0.1) is 0 Å². The molecule has 1 aromatic rings. The van der Waals surface area contributed by atoms with Gasteiger partial charge in [-0.25, -0.2) is 9.97 Å². The third-order valence-electron chi connectivity index (χ3n) is 2.90. The van der Waals surface area contributed by atoms with Gasteiger partial charge in [-0.3, -0.25) is 4.79 Å². The van der Waals surface area contributed by atoms with Crippen LogP contribution in [0.1, 0.15) is 11.4 Å². The minimum absolute atomic E-state index is 0.273. The molecule has 0 aromatic carbocycles. The van der Waals surface area contributed by atoms with E-state index in [4.69, 9.17) is 22.1 Å². The monoisotopic (exact) mass is 270 g/mol. The normalized spacial score (nSPS) is 19.9. The van der Waals surface area contributed by atoms with Crippen molar-refractivity contribution < 1.29 is 9.53 Å². The second-order valence-electron chi connectivity index (χ2n) is 4.20. The Balaban J connectivity index is 2.42. The van der Waals surface area contributed by atoms with Gasteiger partial charge in [-0.2, -0.15) is 0 Å². The van der Waals surface area contributed by atoms with Crippen LogP contribution < -0.4 is 10.6 Å². The molecule has 1 aliphatic heterocycles. The third-order valence-corrected chi connectivity index (χ3v) is 3.27. The van der Waals surface area contributed by atoms with Crippen LogP contribution in [0.5, 0.6) is 0 Å². The molecule has 2 heterocycles. The van der Waals surface area contributed by atoms with Gasteiger partial charge >= 0.3 is 0 Å². The molecular formula is C11H15ClN4O2. The van der Waals surface area contributed by atoms with E-state index >= 15 is 0 Å². The maximum Gasteiger partial charge on any atom is 0.242 e. The van der Waals surface area contributed by atoms with Crippen molar-refractivity contribution >= 4 is 23.3 Å². The van der Waals surface area contributed by atoms with Crippen LogP contribution in [0.3, 0.4) is 0 Å². The summed E-state index contributed by atoms with van der Waals surface area (Å²) in [6.45, 7) is 4.94. The Morgan fingerprint density at radius 2 is 2.22 bits per heavy atom. The van der Waals surface area contributed by atoms with Gasteiger partial charge in [0.1, 0.15) is 22.8 Å². The number of hydrogen-bond acceptors (Lipinski definition) is 5. The number of primary amides is 1. The molecule has 1 amide bonds. The van der Waals surface area contributed by atoms with E-state index in [-0.39, 0.29) is 6.61 Å². The Morgan fingerprint density at radius 3 is 2.89 bits per heavy atom. The molecule has 0 radical (unpaired) electrons. The van der Waals surface area contributed by atoms with Crippen molar-refractivity contribution in [2.45, 2.75) is 19.9 Å². The number of carbonyl (C=O) groups excluding carboxylic acids is 1. The molecule has 0 aliphatic carbocycles.